The lowest BCUT2D eigenvalue weighted by Crippen LogP contribution is -2.40. The SMILES string of the molecule is Cc1nccnc1C(=O)NC1CCC1. The lowest BCUT2D eigenvalue weighted by atomic mass is 9.93. The van der Waals surface area contributed by atoms with E-state index < -0.39 is 0 Å². The molecule has 1 heterocycles. The molecule has 0 aliphatic heterocycles. The Labute approximate surface area is 82.8 Å². The molecule has 1 aliphatic carbocycles. The summed E-state index contributed by atoms with van der Waals surface area (Å²) in [6.07, 6.45) is 6.53. The summed E-state index contributed by atoms with van der Waals surface area (Å²) < 4.78 is 0. The highest BCUT2D eigenvalue weighted by Crippen LogP contribution is 2.18. The van der Waals surface area contributed by atoms with E-state index in [0.717, 1.165) is 12.8 Å². The van der Waals surface area contributed by atoms with Gasteiger partial charge in [0.2, 0.25) is 0 Å². The van der Waals surface area contributed by atoms with Crippen LogP contribution in [0, 0.1) is 6.92 Å². The molecule has 4 heteroatoms. The highest BCUT2D eigenvalue weighted by Gasteiger charge is 2.21. The minimum Gasteiger partial charge on any atom is -0.348 e. The van der Waals surface area contributed by atoms with Crippen LogP contribution in [0.5, 0.6) is 0 Å². The number of aryl methyl sites for hydroxylation is 1. The maximum Gasteiger partial charge on any atom is 0.271 e. The fourth-order valence-electron chi connectivity index (χ4n) is 1.44. The molecule has 0 radical (unpaired) electrons. The summed E-state index contributed by atoms with van der Waals surface area (Å²) in [6, 6.07) is 0.351. The van der Waals surface area contributed by atoms with Crippen LogP contribution < -0.4 is 5.32 Å². The smallest absolute Gasteiger partial charge is 0.271 e. The number of amides is 1. The highest BCUT2D eigenvalue weighted by atomic mass is 16.2. The van der Waals surface area contributed by atoms with E-state index in [9.17, 15) is 4.79 Å². The number of rotatable bonds is 2. The Morgan fingerprint density at radius 1 is 1.43 bits per heavy atom. The first-order chi connectivity index (χ1) is 6.77. The number of carbonyl (C=O) groups excluding carboxylic acids is 1. The molecule has 0 unspecified atom stereocenters. The van der Waals surface area contributed by atoms with Gasteiger partial charge in [0.05, 0.1) is 5.69 Å². The summed E-state index contributed by atoms with van der Waals surface area (Å²) in [7, 11) is 0. The van der Waals surface area contributed by atoms with Crippen LogP contribution in [-0.2, 0) is 0 Å². The molecule has 1 aromatic rings. The van der Waals surface area contributed by atoms with Crippen molar-refractivity contribution in [2.45, 2.75) is 32.2 Å². The van der Waals surface area contributed by atoms with Gasteiger partial charge in [0.25, 0.3) is 5.91 Å². The van der Waals surface area contributed by atoms with Gasteiger partial charge in [-0.1, -0.05) is 0 Å². The molecule has 1 aliphatic rings. The van der Waals surface area contributed by atoms with Crippen molar-refractivity contribution in [2.24, 2.45) is 0 Å². The molecule has 1 fully saturated rings. The summed E-state index contributed by atoms with van der Waals surface area (Å²) in [5.41, 5.74) is 1.13. The van der Waals surface area contributed by atoms with Gasteiger partial charge in [-0.25, -0.2) is 4.98 Å². The van der Waals surface area contributed by atoms with E-state index in [2.05, 4.69) is 15.3 Å². The summed E-state index contributed by atoms with van der Waals surface area (Å²) >= 11 is 0. The first kappa shape index (κ1) is 9.12. The molecular weight excluding hydrogens is 178 g/mol. The Balaban J connectivity index is 2.06. The van der Waals surface area contributed by atoms with Crippen LogP contribution in [0.25, 0.3) is 0 Å². The topological polar surface area (TPSA) is 54.9 Å². The lowest BCUT2D eigenvalue weighted by Gasteiger charge is -2.26. The Hall–Kier alpha value is -1.45. The van der Waals surface area contributed by atoms with E-state index in [-0.39, 0.29) is 5.91 Å². The second-order valence-electron chi connectivity index (χ2n) is 3.59. The van der Waals surface area contributed by atoms with Crippen molar-refractivity contribution in [1.29, 1.82) is 0 Å². The molecule has 0 bridgehead atoms. The molecule has 14 heavy (non-hydrogen) atoms. The van der Waals surface area contributed by atoms with Crippen LogP contribution in [0.4, 0.5) is 0 Å². The van der Waals surface area contributed by atoms with E-state index in [4.69, 9.17) is 0 Å². The summed E-state index contributed by atoms with van der Waals surface area (Å²) in [4.78, 5) is 19.7. The van der Waals surface area contributed by atoms with Crippen molar-refractivity contribution < 1.29 is 4.79 Å². The lowest BCUT2D eigenvalue weighted by molar-refractivity contribution is 0.0910. The van der Waals surface area contributed by atoms with Crippen molar-refractivity contribution >= 4 is 5.91 Å². The van der Waals surface area contributed by atoms with Crippen molar-refractivity contribution in [3.05, 3.63) is 23.8 Å². The van der Waals surface area contributed by atoms with E-state index in [1.807, 2.05) is 0 Å². The minimum absolute atomic E-state index is 0.0969. The molecule has 4 nitrogen and oxygen atoms in total. The Morgan fingerprint density at radius 3 is 2.71 bits per heavy atom. The fraction of sp³-hybridized carbons (Fsp3) is 0.500. The van der Waals surface area contributed by atoms with Gasteiger partial charge in [-0.05, 0) is 26.2 Å². The number of nitrogens with zero attached hydrogens (tertiary/aromatic N) is 2. The number of carbonyl (C=O) groups is 1. The van der Waals surface area contributed by atoms with Crippen LogP contribution in [-0.4, -0.2) is 21.9 Å². The zero-order valence-corrected chi connectivity index (χ0v) is 8.16. The molecule has 1 N–H and O–H groups in total. The van der Waals surface area contributed by atoms with Gasteiger partial charge < -0.3 is 5.32 Å². The number of hydrogen-bond donors (Lipinski definition) is 1. The molecule has 0 saturated heterocycles. The summed E-state index contributed by atoms with van der Waals surface area (Å²) in [5.74, 6) is -0.0969. The summed E-state index contributed by atoms with van der Waals surface area (Å²) in [5, 5.41) is 2.93. The largest absolute Gasteiger partial charge is 0.348 e. The van der Waals surface area contributed by atoms with Crippen LogP contribution in [0.1, 0.15) is 35.4 Å². The van der Waals surface area contributed by atoms with Crippen molar-refractivity contribution in [2.75, 3.05) is 0 Å². The quantitative estimate of drug-likeness (QED) is 0.760. The van der Waals surface area contributed by atoms with Gasteiger partial charge >= 0.3 is 0 Å². The average molecular weight is 191 g/mol. The van der Waals surface area contributed by atoms with Crippen molar-refractivity contribution in [1.82, 2.24) is 15.3 Å². The van der Waals surface area contributed by atoms with Crippen LogP contribution >= 0.6 is 0 Å². The maximum atomic E-state index is 11.7. The predicted molar refractivity (Wildman–Crippen MR) is 51.9 cm³/mol. The molecule has 2 rings (SSSR count). The van der Waals surface area contributed by atoms with E-state index >= 15 is 0 Å². The van der Waals surface area contributed by atoms with Gasteiger partial charge in [0.15, 0.2) is 0 Å². The molecule has 0 atom stereocenters. The van der Waals surface area contributed by atoms with E-state index in [1.54, 1.807) is 19.3 Å². The van der Waals surface area contributed by atoms with Gasteiger partial charge in [-0.2, -0.15) is 0 Å². The van der Waals surface area contributed by atoms with E-state index in [0.29, 0.717) is 17.4 Å². The Kier molecular flexibility index (Phi) is 2.43. The van der Waals surface area contributed by atoms with Crippen LogP contribution in [0.15, 0.2) is 12.4 Å². The molecule has 0 spiro atoms. The molecule has 1 aromatic heterocycles. The molecule has 1 amide bonds. The van der Waals surface area contributed by atoms with Gasteiger partial charge in [0.1, 0.15) is 5.69 Å². The summed E-state index contributed by atoms with van der Waals surface area (Å²) in [6.45, 7) is 1.79. The highest BCUT2D eigenvalue weighted by molar-refractivity contribution is 5.93. The standard InChI is InChI=1S/C10H13N3O/c1-7-9(12-6-5-11-7)10(14)13-8-3-2-4-8/h5-6,8H,2-4H2,1H3,(H,13,14). The molecule has 0 aromatic carbocycles. The average Bonchev–Trinajstić information content (AvgIpc) is 2.12. The zero-order valence-electron chi connectivity index (χ0n) is 8.16. The Bertz CT molecular complexity index is 347. The van der Waals surface area contributed by atoms with Crippen LogP contribution in [0.3, 0.4) is 0 Å². The van der Waals surface area contributed by atoms with Gasteiger partial charge in [-0.3, -0.25) is 9.78 Å². The first-order valence-electron chi connectivity index (χ1n) is 4.86. The number of nitrogens with one attached hydrogen (secondary N) is 1. The van der Waals surface area contributed by atoms with E-state index in [1.165, 1.54) is 6.42 Å². The number of hydrogen-bond acceptors (Lipinski definition) is 3. The maximum absolute atomic E-state index is 11.7. The first-order valence-corrected chi connectivity index (χ1v) is 4.86. The normalized spacial score (nSPS) is 16.1. The molecule has 74 valence electrons. The van der Waals surface area contributed by atoms with Crippen LogP contribution in [0.2, 0.25) is 0 Å². The third-order valence-electron chi connectivity index (χ3n) is 2.54. The number of aromatic nitrogens is 2. The second kappa shape index (κ2) is 3.74. The fourth-order valence-corrected chi connectivity index (χ4v) is 1.44. The van der Waals surface area contributed by atoms with Crippen molar-refractivity contribution in [3.63, 3.8) is 0 Å². The predicted octanol–water partition coefficient (Wildman–Crippen LogP) is 1.07. The molecular formula is C10H13N3O. The third-order valence-corrected chi connectivity index (χ3v) is 2.54. The zero-order chi connectivity index (χ0) is 9.97. The monoisotopic (exact) mass is 191 g/mol. The van der Waals surface area contributed by atoms with Crippen molar-refractivity contribution in [3.8, 4) is 0 Å². The minimum atomic E-state index is -0.0969. The Morgan fingerprint density at radius 2 is 2.14 bits per heavy atom. The second-order valence-corrected chi connectivity index (χ2v) is 3.59. The molecule has 1 saturated carbocycles. The third kappa shape index (κ3) is 1.73. The van der Waals surface area contributed by atoms with Gasteiger partial charge in [-0.15, -0.1) is 0 Å². The van der Waals surface area contributed by atoms with Gasteiger partial charge in [0, 0.05) is 18.4 Å².